The van der Waals surface area contributed by atoms with Crippen molar-refractivity contribution in [1.82, 2.24) is 9.88 Å². The largest absolute Gasteiger partial charge is 0.309 e. The predicted molar refractivity (Wildman–Crippen MR) is 122 cm³/mol. The van der Waals surface area contributed by atoms with Crippen LogP contribution in [0.2, 0.25) is 5.02 Å². The molecule has 1 amide bonds. The van der Waals surface area contributed by atoms with E-state index >= 15 is 0 Å². The second-order valence-corrected chi connectivity index (χ2v) is 9.35. The topological polar surface area (TPSA) is 36.4 Å². The first-order valence-electron chi connectivity index (χ1n) is 9.13. The third kappa shape index (κ3) is 5.47. The van der Waals surface area contributed by atoms with Gasteiger partial charge in [0.1, 0.15) is 5.52 Å². The van der Waals surface area contributed by atoms with E-state index in [0.717, 1.165) is 33.2 Å². The van der Waals surface area contributed by atoms with Crippen molar-refractivity contribution in [3.05, 3.63) is 53.1 Å². The van der Waals surface area contributed by atoms with E-state index in [9.17, 15) is 4.79 Å². The monoisotopic (exact) mass is 433 g/mol. The second-order valence-electron chi connectivity index (χ2n) is 6.89. The Bertz CT molecular complexity index is 940. The van der Waals surface area contributed by atoms with Crippen LogP contribution >= 0.6 is 34.7 Å². The number of benzene rings is 2. The van der Waals surface area contributed by atoms with Crippen molar-refractivity contribution in [3.63, 3.8) is 0 Å². The molecule has 0 unspecified atom stereocenters. The minimum absolute atomic E-state index is 0.0690. The molecule has 0 aliphatic heterocycles. The number of carbonyl (C=O) groups is 1. The molecule has 3 rings (SSSR count). The molecule has 2 aromatic carbocycles. The Morgan fingerprint density at radius 2 is 1.89 bits per heavy atom. The first-order chi connectivity index (χ1) is 13.4. The molecule has 0 atom stereocenters. The number of aryl methyl sites for hydroxylation is 1. The van der Waals surface area contributed by atoms with E-state index in [-0.39, 0.29) is 5.91 Å². The first kappa shape index (κ1) is 21.1. The Morgan fingerprint density at radius 3 is 2.57 bits per heavy atom. The maximum Gasteiger partial charge on any atom is 0.239 e. The van der Waals surface area contributed by atoms with Crippen LogP contribution in [0.25, 0.3) is 10.2 Å². The van der Waals surface area contributed by atoms with Crippen LogP contribution in [0.4, 0.5) is 5.13 Å². The highest BCUT2D eigenvalue weighted by Gasteiger charge is 2.20. The molecule has 0 N–H and O–H groups in total. The van der Waals surface area contributed by atoms with E-state index in [2.05, 4.69) is 41.1 Å². The van der Waals surface area contributed by atoms with Gasteiger partial charge in [0.25, 0.3) is 0 Å². The molecule has 0 saturated carbocycles. The molecular weight excluding hydrogens is 410 g/mol. The van der Waals surface area contributed by atoms with Crippen LogP contribution < -0.4 is 4.90 Å². The number of para-hydroxylation sites is 1. The van der Waals surface area contributed by atoms with Crippen molar-refractivity contribution in [2.75, 3.05) is 37.8 Å². The Labute approximate surface area is 179 Å². The quantitative estimate of drug-likeness (QED) is 0.449. The molecule has 1 aromatic heterocycles. The standard InChI is InChI=1S/C21H24ClN3OS2/c1-15-8-10-16(11-9-15)27-14-19(26)25(13-5-12-24(2)3)21-23-20-17(22)6-4-7-18(20)28-21/h4,6-11H,5,12-14H2,1-3H3. The fourth-order valence-electron chi connectivity index (χ4n) is 2.75. The number of hydrogen-bond donors (Lipinski definition) is 0. The number of rotatable bonds is 8. The van der Waals surface area contributed by atoms with Gasteiger partial charge in [-0.3, -0.25) is 9.69 Å². The van der Waals surface area contributed by atoms with E-state index in [1.54, 1.807) is 11.8 Å². The van der Waals surface area contributed by atoms with Crippen molar-refractivity contribution in [2.45, 2.75) is 18.2 Å². The van der Waals surface area contributed by atoms with Gasteiger partial charge in [0.2, 0.25) is 5.91 Å². The van der Waals surface area contributed by atoms with Gasteiger partial charge >= 0.3 is 0 Å². The molecule has 7 heteroatoms. The minimum atomic E-state index is 0.0690. The maximum absolute atomic E-state index is 13.0. The van der Waals surface area contributed by atoms with Crippen LogP contribution in [-0.4, -0.2) is 48.7 Å². The minimum Gasteiger partial charge on any atom is -0.309 e. The Kier molecular flexibility index (Phi) is 7.35. The van der Waals surface area contributed by atoms with E-state index in [4.69, 9.17) is 11.6 Å². The van der Waals surface area contributed by atoms with E-state index in [1.165, 1.54) is 16.9 Å². The second kappa shape index (κ2) is 9.74. The van der Waals surface area contributed by atoms with Crippen LogP contribution in [0.1, 0.15) is 12.0 Å². The number of aromatic nitrogens is 1. The average molecular weight is 434 g/mol. The molecule has 0 aliphatic rings. The maximum atomic E-state index is 13.0. The molecule has 28 heavy (non-hydrogen) atoms. The summed E-state index contributed by atoms with van der Waals surface area (Å²) in [6, 6.07) is 14.0. The number of nitrogens with zero attached hydrogens (tertiary/aromatic N) is 3. The van der Waals surface area contributed by atoms with Gasteiger partial charge in [0.05, 0.1) is 15.5 Å². The highest BCUT2D eigenvalue weighted by molar-refractivity contribution is 8.00. The number of fused-ring (bicyclic) bond motifs is 1. The summed E-state index contributed by atoms with van der Waals surface area (Å²) in [7, 11) is 4.08. The lowest BCUT2D eigenvalue weighted by molar-refractivity contribution is -0.116. The van der Waals surface area contributed by atoms with Gasteiger partial charge in [-0.1, -0.05) is 46.7 Å². The van der Waals surface area contributed by atoms with Crippen LogP contribution in [0.5, 0.6) is 0 Å². The molecule has 148 valence electrons. The number of thiazole rings is 1. The number of hydrogen-bond acceptors (Lipinski definition) is 5. The van der Waals surface area contributed by atoms with E-state index < -0.39 is 0 Å². The van der Waals surface area contributed by atoms with Gasteiger partial charge in [-0.05, 0) is 58.3 Å². The predicted octanol–water partition coefficient (Wildman–Crippen LogP) is 5.34. The van der Waals surface area contributed by atoms with Gasteiger partial charge in [0.15, 0.2) is 5.13 Å². The molecule has 3 aromatic rings. The van der Waals surface area contributed by atoms with Crippen molar-refractivity contribution >= 4 is 56.0 Å². The van der Waals surface area contributed by atoms with Crippen LogP contribution in [0.3, 0.4) is 0 Å². The number of anilines is 1. The normalized spacial score (nSPS) is 11.3. The fraction of sp³-hybridized carbons (Fsp3) is 0.333. The highest BCUT2D eigenvalue weighted by Crippen LogP contribution is 2.33. The lowest BCUT2D eigenvalue weighted by Crippen LogP contribution is -2.34. The third-order valence-corrected chi connectivity index (χ3v) is 6.61. The SMILES string of the molecule is Cc1ccc(SCC(=O)N(CCCN(C)C)c2nc3c(Cl)cccc3s2)cc1. The van der Waals surface area contributed by atoms with Crippen LogP contribution in [-0.2, 0) is 4.79 Å². The zero-order chi connectivity index (χ0) is 20.1. The summed E-state index contributed by atoms with van der Waals surface area (Å²) in [6.45, 7) is 3.62. The van der Waals surface area contributed by atoms with E-state index in [1.807, 2.05) is 37.2 Å². The molecular formula is C21H24ClN3OS2. The number of halogens is 1. The highest BCUT2D eigenvalue weighted by atomic mass is 35.5. The molecule has 0 radical (unpaired) electrons. The Hall–Kier alpha value is -1.60. The Morgan fingerprint density at radius 1 is 1.14 bits per heavy atom. The summed E-state index contributed by atoms with van der Waals surface area (Å²) < 4.78 is 0.999. The Balaban J connectivity index is 1.77. The molecule has 0 saturated heterocycles. The summed E-state index contributed by atoms with van der Waals surface area (Å²) in [5.41, 5.74) is 1.98. The number of thioether (sulfide) groups is 1. The average Bonchev–Trinajstić information content (AvgIpc) is 3.09. The fourth-order valence-corrected chi connectivity index (χ4v) is 4.83. The van der Waals surface area contributed by atoms with Crippen molar-refractivity contribution in [2.24, 2.45) is 0 Å². The van der Waals surface area contributed by atoms with Crippen molar-refractivity contribution in [3.8, 4) is 0 Å². The number of carbonyl (C=O) groups excluding carboxylic acids is 1. The lowest BCUT2D eigenvalue weighted by Gasteiger charge is -2.21. The first-order valence-corrected chi connectivity index (χ1v) is 11.3. The van der Waals surface area contributed by atoms with E-state index in [0.29, 0.717) is 17.3 Å². The summed E-state index contributed by atoms with van der Waals surface area (Å²) in [5.74, 6) is 0.453. The molecule has 0 fully saturated rings. The van der Waals surface area contributed by atoms with Gasteiger partial charge < -0.3 is 4.90 Å². The molecule has 0 spiro atoms. The van der Waals surface area contributed by atoms with Crippen LogP contribution in [0, 0.1) is 6.92 Å². The molecule has 0 bridgehead atoms. The molecule has 4 nitrogen and oxygen atoms in total. The summed E-state index contributed by atoms with van der Waals surface area (Å²) in [5, 5.41) is 1.34. The summed E-state index contributed by atoms with van der Waals surface area (Å²) in [6.07, 6.45) is 0.887. The smallest absolute Gasteiger partial charge is 0.239 e. The molecule has 1 heterocycles. The summed E-state index contributed by atoms with van der Waals surface area (Å²) in [4.78, 5) is 22.7. The van der Waals surface area contributed by atoms with Crippen molar-refractivity contribution in [1.29, 1.82) is 0 Å². The van der Waals surface area contributed by atoms with Crippen LogP contribution in [0.15, 0.2) is 47.4 Å². The number of amides is 1. The van der Waals surface area contributed by atoms with Gasteiger partial charge in [0, 0.05) is 11.4 Å². The van der Waals surface area contributed by atoms with Gasteiger partial charge in [-0.15, -0.1) is 11.8 Å². The zero-order valence-corrected chi connectivity index (χ0v) is 18.7. The zero-order valence-electron chi connectivity index (χ0n) is 16.3. The van der Waals surface area contributed by atoms with Crippen molar-refractivity contribution < 1.29 is 4.79 Å². The third-order valence-electron chi connectivity index (χ3n) is 4.26. The van der Waals surface area contributed by atoms with Gasteiger partial charge in [-0.2, -0.15) is 0 Å². The lowest BCUT2D eigenvalue weighted by atomic mass is 10.2. The molecule has 0 aliphatic carbocycles. The summed E-state index contributed by atoms with van der Waals surface area (Å²) >= 11 is 9.36. The van der Waals surface area contributed by atoms with Gasteiger partial charge in [-0.25, -0.2) is 4.98 Å².